The molecular formula is C54H32S2. The highest BCUT2D eigenvalue weighted by Gasteiger charge is 2.15. The molecule has 0 amide bonds. The fourth-order valence-corrected chi connectivity index (χ4v) is 11.5. The van der Waals surface area contributed by atoms with Crippen molar-refractivity contribution in [2.75, 3.05) is 0 Å². The lowest BCUT2D eigenvalue weighted by Crippen LogP contribution is -1.87. The van der Waals surface area contributed by atoms with Crippen molar-refractivity contribution in [2.24, 2.45) is 0 Å². The number of rotatable bonds is 4. The first-order chi connectivity index (χ1) is 27.7. The van der Waals surface area contributed by atoms with Crippen LogP contribution in [0, 0.1) is 0 Å². The Morgan fingerprint density at radius 1 is 0.214 bits per heavy atom. The quantitative estimate of drug-likeness (QED) is 0.157. The SMILES string of the molecule is c1cc(-c2ccc3c4ccccc4c4ccc(-c5cccc(-c6cccc7c6sc6ccccc67)c5)cc4c3c2)cc(-c2cccc3c2sc2ccccc23)c1. The van der Waals surface area contributed by atoms with Crippen LogP contribution in [0.25, 0.3) is 117 Å². The second-order valence-corrected chi connectivity index (χ2v) is 16.9. The van der Waals surface area contributed by atoms with Gasteiger partial charge in [-0.15, -0.1) is 22.7 Å². The molecule has 12 rings (SSSR count). The first kappa shape index (κ1) is 31.7. The standard InChI is InChI=1S/C54H32S2/c1-2-16-42-41(15-1)43-27-25-35(33-11-7-13-37(29-33)39-19-9-21-47-45-17-3-5-23-51(45)55-53(39)47)31-49(43)50-32-36(26-28-44(42)50)34-12-8-14-38(30-34)40-20-10-22-48-46-18-4-6-24-52(46)56-54(40)48/h1-32H. The molecule has 0 nitrogen and oxygen atoms in total. The zero-order valence-corrected chi connectivity index (χ0v) is 31.9. The summed E-state index contributed by atoms with van der Waals surface area (Å²) in [5.74, 6) is 0. The predicted molar refractivity (Wildman–Crippen MR) is 246 cm³/mol. The highest BCUT2D eigenvalue weighted by atomic mass is 32.1. The zero-order chi connectivity index (χ0) is 36.7. The molecule has 0 spiro atoms. The molecule has 0 radical (unpaired) electrons. The van der Waals surface area contributed by atoms with E-state index in [2.05, 4.69) is 194 Å². The smallest absolute Gasteiger partial charge is 0.0433 e. The Morgan fingerprint density at radius 2 is 0.571 bits per heavy atom. The number of thiophene rings is 2. The molecule has 0 unspecified atom stereocenters. The molecular weight excluding hydrogens is 713 g/mol. The molecule has 10 aromatic carbocycles. The number of benzene rings is 10. The van der Waals surface area contributed by atoms with E-state index < -0.39 is 0 Å². The van der Waals surface area contributed by atoms with E-state index in [9.17, 15) is 0 Å². The summed E-state index contributed by atoms with van der Waals surface area (Å²) in [6.45, 7) is 0. The Kier molecular flexibility index (Phi) is 7.07. The van der Waals surface area contributed by atoms with Crippen LogP contribution >= 0.6 is 22.7 Å². The van der Waals surface area contributed by atoms with Crippen molar-refractivity contribution < 1.29 is 0 Å². The second kappa shape index (κ2) is 12.5. The van der Waals surface area contributed by atoms with Gasteiger partial charge in [0, 0.05) is 40.3 Å². The monoisotopic (exact) mass is 744 g/mol. The van der Waals surface area contributed by atoms with Gasteiger partial charge in [0.1, 0.15) is 0 Å². The van der Waals surface area contributed by atoms with E-state index in [1.165, 1.54) is 117 Å². The molecule has 0 aliphatic carbocycles. The third-order valence-electron chi connectivity index (χ3n) is 11.7. The average Bonchev–Trinajstić information content (AvgIpc) is 3.85. The number of fused-ring (bicyclic) bond motifs is 12. The van der Waals surface area contributed by atoms with Gasteiger partial charge < -0.3 is 0 Å². The van der Waals surface area contributed by atoms with Gasteiger partial charge in [0.25, 0.3) is 0 Å². The van der Waals surface area contributed by atoms with Gasteiger partial charge in [-0.05, 0) is 113 Å². The number of hydrogen-bond acceptors (Lipinski definition) is 2. The van der Waals surface area contributed by atoms with Gasteiger partial charge in [0.15, 0.2) is 0 Å². The molecule has 2 heteroatoms. The lowest BCUT2D eigenvalue weighted by atomic mass is 9.89. The molecule has 0 saturated heterocycles. The Bertz CT molecular complexity index is 3310. The maximum Gasteiger partial charge on any atom is 0.0433 e. The minimum absolute atomic E-state index is 1.23. The fraction of sp³-hybridized carbons (Fsp3) is 0. The maximum absolute atomic E-state index is 2.42. The van der Waals surface area contributed by atoms with Crippen LogP contribution in [0.15, 0.2) is 194 Å². The van der Waals surface area contributed by atoms with Crippen LogP contribution in [-0.4, -0.2) is 0 Å². The van der Waals surface area contributed by atoms with Crippen LogP contribution in [0.1, 0.15) is 0 Å². The van der Waals surface area contributed by atoms with Crippen LogP contribution in [0.5, 0.6) is 0 Å². The molecule has 0 saturated carbocycles. The van der Waals surface area contributed by atoms with E-state index >= 15 is 0 Å². The molecule has 56 heavy (non-hydrogen) atoms. The van der Waals surface area contributed by atoms with E-state index in [0.29, 0.717) is 0 Å². The zero-order valence-electron chi connectivity index (χ0n) is 30.3. The molecule has 2 heterocycles. The van der Waals surface area contributed by atoms with Crippen molar-refractivity contribution in [2.45, 2.75) is 0 Å². The van der Waals surface area contributed by atoms with Crippen molar-refractivity contribution in [3.8, 4) is 44.5 Å². The molecule has 12 aromatic rings. The topological polar surface area (TPSA) is 0 Å². The van der Waals surface area contributed by atoms with E-state index in [-0.39, 0.29) is 0 Å². The number of hydrogen-bond donors (Lipinski definition) is 0. The third kappa shape index (κ3) is 4.90. The minimum Gasteiger partial charge on any atom is -0.135 e. The van der Waals surface area contributed by atoms with Gasteiger partial charge in [-0.2, -0.15) is 0 Å². The van der Waals surface area contributed by atoms with E-state index in [1.54, 1.807) is 0 Å². The largest absolute Gasteiger partial charge is 0.135 e. The van der Waals surface area contributed by atoms with Crippen molar-refractivity contribution in [3.63, 3.8) is 0 Å². The molecule has 260 valence electrons. The summed E-state index contributed by atoms with van der Waals surface area (Å²) >= 11 is 3.78. The van der Waals surface area contributed by atoms with Crippen molar-refractivity contribution in [3.05, 3.63) is 194 Å². The Labute approximate surface area is 332 Å². The van der Waals surface area contributed by atoms with Crippen LogP contribution < -0.4 is 0 Å². The van der Waals surface area contributed by atoms with Gasteiger partial charge in [0.05, 0.1) is 0 Å². The van der Waals surface area contributed by atoms with Crippen LogP contribution in [0.4, 0.5) is 0 Å². The Morgan fingerprint density at radius 3 is 1.05 bits per heavy atom. The Balaban J connectivity index is 1.01. The molecule has 0 aliphatic rings. The molecule has 2 aromatic heterocycles. The normalized spacial score (nSPS) is 11.9. The summed E-state index contributed by atoms with van der Waals surface area (Å²) in [7, 11) is 0. The van der Waals surface area contributed by atoms with Crippen molar-refractivity contribution in [1.29, 1.82) is 0 Å². The Hall–Kier alpha value is -6.58. The first-order valence-electron chi connectivity index (χ1n) is 19.2. The summed E-state index contributed by atoms with van der Waals surface area (Å²) < 4.78 is 5.36. The van der Waals surface area contributed by atoms with Crippen molar-refractivity contribution >= 4 is 95.3 Å². The van der Waals surface area contributed by atoms with Crippen LogP contribution in [0.2, 0.25) is 0 Å². The molecule has 0 aliphatic heterocycles. The summed E-state index contributed by atoms with van der Waals surface area (Å²) in [6.07, 6.45) is 0. The summed E-state index contributed by atoms with van der Waals surface area (Å²) in [6, 6.07) is 72.2. The van der Waals surface area contributed by atoms with Crippen molar-refractivity contribution in [1.82, 2.24) is 0 Å². The molecule has 0 atom stereocenters. The lowest BCUT2D eigenvalue weighted by Gasteiger charge is -2.14. The van der Waals surface area contributed by atoms with Gasteiger partial charge in [0.2, 0.25) is 0 Å². The van der Waals surface area contributed by atoms with Gasteiger partial charge >= 0.3 is 0 Å². The van der Waals surface area contributed by atoms with Gasteiger partial charge in [-0.3, -0.25) is 0 Å². The summed E-state index contributed by atoms with van der Waals surface area (Å²) in [5.41, 5.74) is 9.97. The molecule has 0 bridgehead atoms. The fourth-order valence-electron chi connectivity index (χ4n) is 9.00. The van der Waals surface area contributed by atoms with E-state index in [4.69, 9.17) is 0 Å². The van der Waals surface area contributed by atoms with Crippen LogP contribution in [-0.2, 0) is 0 Å². The molecule has 0 N–H and O–H groups in total. The second-order valence-electron chi connectivity index (χ2n) is 14.8. The minimum atomic E-state index is 1.23. The highest BCUT2D eigenvalue weighted by Crippen LogP contribution is 2.44. The lowest BCUT2D eigenvalue weighted by molar-refractivity contribution is 1.63. The maximum atomic E-state index is 2.42. The predicted octanol–water partition coefficient (Wildman–Crippen LogP) is 16.5. The highest BCUT2D eigenvalue weighted by molar-refractivity contribution is 7.26. The van der Waals surface area contributed by atoms with Gasteiger partial charge in [-0.1, -0.05) is 158 Å². The first-order valence-corrected chi connectivity index (χ1v) is 20.8. The third-order valence-corrected chi connectivity index (χ3v) is 14.1. The van der Waals surface area contributed by atoms with Gasteiger partial charge in [-0.25, -0.2) is 0 Å². The van der Waals surface area contributed by atoms with E-state index in [1.807, 2.05) is 22.7 Å². The molecule has 0 fully saturated rings. The van der Waals surface area contributed by atoms with Crippen LogP contribution in [0.3, 0.4) is 0 Å². The summed E-state index contributed by atoms with van der Waals surface area (Å²) in [4.78, 5) is 0. The summed E-state index contributed by atoms with van der Waals surface area (Å²) in [5, 5.41) is 13.0. The average molecular weight is 745 g/mol. The van der Waals surface area contributed by atoms with E-state index in [0.717, 1.165) is 0 Å².